The molecule has 0 saturated heterocycles. The number of Topliss-reactive ketones (excluding diaryl/α,β-unsaturated/α-hetero) is 1. The van der Waals surface area contributed by atoms with Crippen LogP contribution in [0.5, 0.6) is 0 Å². The molecule has 2 aromatic rings. The van der Waals surface area contributed by atoms with E-state index in [0.29, 0.717) is 5.78 Å². The van der Waals surface area contributed by atoms with E-state index in [-0.39, 0.29) is 5.92 Å². The number of hydrogen-bond donors (Lipinski definition) is 0. The maximum absolute atomic E-state index is 12.9. The molecule has 1 nitrogen and oxygen atoms in total. The molecule has 1 saturated carbocycles. The van der Waals surface area contributed by atoms with Crippen LogP contribution in [0.1, 0.15) is 49.4 Å². The Morgan fingerprint density at radius 2 is 1.75 bits per heavy atom. The lowest BCUT2D eigenvalue weighted by molar-refractivity contribution is 0.0909. The maximum atomic E-state index is 12.9. The highest BCUT2D eigenvalue weighted by molar-refractivity contribution is 6.09. The first-order chi connectivity index (χ1) is 9.75. The minimum Gasteiger partial charge on any atom is -0.294 e. The molecule has 104 valence electrons. The predicted molar refractivity (Wildman–Crippen MR) is 84.0 cm³/mol. The first-order valence-corrected chi connectivity index (χ1v) is 7.77. The second-order valence-corrected chi connectivity index (χ2v) is 6.20. The zero-order valence-electron chi connectivity index (χ0n) is 12.1. The van der Waals surface area contributed by atoms with Gasteiger partial charge in [-0.25, -0.2) is 0 Å². The molecule has 2 atom stereocenters. The third-order valence-electron chi connectivity index (χ3n) is 4.68. The number of carbonyl (C=O) groups is 1. The van der Waals surface area contributed by atoms with Gasteiger partial charge in [-0.1, -0.05) is 68.7 Å². The minimum atomic E-state index is 0.228. The fraction of sp³-hybridized carbons (Fsp3) is 0.421. The van der Waals surface area contributed by atoms with E-state index in [1.54, 1.807) is 0 Å². The summed E-state index contributed by atoms with van der Waals surface area (Å²) in [5.41, 5.74) is 0.919. The molecule has 0 N–H and O–H groups in total. The van der Waals surface area contributed by atoms with Gasteiger partial charge in [0.25, 0.3) is 0 Å². The van der Waals surface area contributed by atoms with Gasteiger partial charge in [-0.3, -0.25) is 4.79 Å². The largest absolute Gasteiger partial charge is 0.294 e. The molecule has 1 aliphatic carbocycles. The Morgan fingerprint density at radius 3 is 2.65 bits per heavy atom. The SMILES string of the molecule is CC1CCCC(C(=O)c2cccc3ccccc23)CC1. The summed E-state index contributed by atoms with van der Waals surface area (Å²) in [6.07, 6.45) is 5.79. The van der Waals surface area contributed by atoms with Crippen molar-refractivity contribution in [2.75, 3.05) is 0 Å². The quantitative estimate of drug-likeness (QED) is 0.536. The monoisotopic (exact) mass is 266 g/mol. The molecule has 0 spiro atoms. The lowest BCUT2D eigenvalue weighted by atomic mass is 9.88. The van der Waals surface area contributed by atoms with Crippen LogP contribution in [-0.2, 0) is 0 Å². The van der Waals surface area contributed by atoms with Gasteiger partial charge in [-0.05, 0) is 29.5 Å². The van der Waals surface area contributed by atoms with Crippen molar-refractivity contribution in [3.8, 4) is 0 Å². The van der Waals surface area contributed by atoms with E-state index < -0.39 is 0 Å². The summed E-state index contributed by atoms with van der Waals surface area (Å²) in [7, 11) is 0. The number of carbonyl (C=O) groups excluding carboxylic acids is 1. The Kier molecular flexibility index (Phi) is 3.86. The van der Waals surface area contributed by atoms with Gasteiger partial charge in [0.15, 0.2) is 5.78 Å². The second-order valence-electron chi connectivity index (χ2n) is 6.20. The normalized spacial score (nSPS) is 23.4. The molecule has 1 fully saturated rings. The Morgan fingerprint density at radius 1 is 0.950 bits per heavy atom. The lowest BCUT2D eigenvalue weighted by Gasteiger charge is -2.14. The second kappa shape index (κ2) is 5.78. The van der Waals surface area contributed by atoms with Gasteiger partial charge in [-0.2, -0.15) is 0 Å². The average molecular weight is 266 g/mol. The van der Waals surface area contributed by atoms with Gasteiger partial charge in [-0.15, -0.1) is 0 Å². The van der Waals surface area contributed by atoms with Gasteiger partial charge in [0, 0.05) is 11.5 Å². The van der Waals surface area contributed by atoms with E-state index in [9.17, 15) is 4.79 Å². The third kappa shape index (κ3) is 2.63. The Balaban J connectivity index is 1.92. The highest BCUT2D eigenvalue weighted by atomic mass is 16.1. The van der Waals surface area contributed by atoms with E-state index in [1.165, 1.54) is 24.6 Å². The van der Waals surface area contributed by atoms with Crippen molar-refractivity contribution in [2.24, 2.45) is 11.8 Å². The van der Waals surface area contributed by atoms with E-state index in [2.05, 4.69) is 25.1 Å². The molecule has 0 bridgehead atoms. The molecule has 0 aromatic heterocycles. The van der Waals surface area contributed by atoms with Crippen molar-refractivity contribution in [2.45, 2.75) is 39.0 Å². The van der Waals surface area contributed by atoms with Crippen LogP contribution in [0, 0.1) is 11.8 Å². The summed E-state index contributed by atoms with van der Waals surface area (Å²) < 4.78 is 0. The number of benzene rings is 2. The highest BCUT2D eigenvalue weighted by Gasteiger charge is 2.24. The molecule has 20 heavy (non-hydrogen) atoms. The van der Waals surface area contributed by atoms with Crippen molar-refractivity contribution in [1.82, 2.24) is 0 Å². The van der Waals surface area contributed by atoms with Gasteiger partial charge in [0.2, 0.25) is 0 Å². The molecule has 0 aliphatic heterocycles. The van der Waals surface area contributed by atoms with Crippen LogP contribution >= 0.6 is 0 Å². The van der Waals surface area contributed by atoms with Crippen LogP contribution in [-0.4, -0.2) is 5.78 Å². The van der Waals surface area contributed by atoms with Crippen LogP contribution in [0.2, 0.25) is 0 Å². The summed E-state index contributed by atoms with van der Waals surface area (Å²) >= 11 is 0. The molecule has 0 radical (unpaired) electrons. The van der Waals surface area contributed by atoms with Gasteiger partial charge in [0.05, 0.1) is 0 Å². The maximum Gasteiger partial charge on any atom is 0.166 e. The van der Waals surface area contributed by atoms with E-state index in [0.717, 1.165) is 29.7 Å². The van der Waals surface area contributed by atoms with Crippen molar-refractivity contribution in [3.05, 3.63) is 48.0 Å². The number of fused-ring (bicyclic) bond motifs is 1. The van der Waals surface area contributed by atoms with Crippen LogP contribution < -0.4 is 0 Å². The minimum absolute atomic E-state index is 0.228. The number of hydrogen-bond acceptors (Lipinski definition) is 1. The molecule has 2 aromatic carbocycles. The first kappa shape index (κ1) is 13.4. The van der Waals surface area contributed by atoms with E-state index in [4.69, 9.17) is 0 Å². The topological polar surface area (TPSA) is 17.1 Å². The van der Waals surface area contributed by atoms with Gasteiger partial charge >= 0.3 is 0 Å². The van der Waals surface area contributed by atoms with E-state index in [1.807, 2.05) is 24.3 Å². The summed E-state index contributed by atoms with van der Waals surface area (Å²) in [5, 5.41) is 2.28. The van der Waals surface area contributed by atoms with Crippen LogP contribution in [0.4, 0.5) is 0 Å². The van der Waals surface area contributed by atoms with Gasteiger partial charge < -0.3 is 0 Å². The van der Waals surface area contributed by atoms with E-state index >= 15 is 0 Å². The molecule has 2 unspecified atom stereocenters. The zero-order chi connectivity index (χ0) is 13.9. The van der Waals surface area contributed by atoms with Gasteiger partial charge in [0.1, 0.15) is 0 Å². The molecular formula is C19H22O. The summed E-state index contributed by atoms with van der Waals surface area (Å²) in [6, 6.07) is 14.3. The first-order valence-electron chi connectivity index (χ1n) is 7.77. The Bertz CT molecular complexity index is 609. The summed E-state index contributed by atoms with van der Waals surface area (Å²) in [5.74, 6) is 1.36. The standard InChI is InChI=1S/C19H22O/c1-14-6-4-9-16(13-12-14)19(20)18-11-5-8-15-7-2-3-10-17(15)18/h2-3,5,7-8,10-11,14,16H,4,6,9,12-13H2,1H3. The lowest BCUT2D eigenvalue weighted by Crippen LogP contribution is -2.14. The molecule has 0 amide bonds. The van der Waals surface area contributed by atoms with Crippen molar-refractivity contribution in [1.29, 1.82) is 0 Å². The summed E-state index contributed by atoms with van der Waals surface area (Å²) in [6.45, 7) is 2.31. The zero-order valence-corrected chi connectivity index (χ0v) is 12.1. The fourth-order valence-corrected chi connectivity index (χ4v) is 3.41. The smallest absolute Gasteiger partial charge is 0.166 e. The molecule has 1 heteroatoms. The van der Waals surface area contributed by atoms with Crippen LogP contribution in [0.25, 0.3) is 10.8 Å². The summed E-state index contributed by atoms with van der Waals surface area (Å²) in [4.78, 5) is 12.9. The van der Waals surface area contributed by atoms with Crippen molar-refractivity contribution in [3.63, 3.8) is 0 Å². The Labute approximate surface area is 121 Å². The average Bonchev–Trinajstić information content (AvgIpc) is 2.71. The number of rotatable bonds is 2. The fourth-order valence-electron chi connectivity index (χ4n) is 3.41. The molecule has 0 heterocycles. The molecule has 1 aliphatic rings. The molecular weight excluding hydrogens is 244 g/mol. The third-order valence-corrected chi connectivity index (χ3v) is 4.68. The number of ketones is 1. The molecule has 3 rings (SSSR count). The van der Waals surface area contributed by atoms with Crippen LogP contribution in [0.3, 0.4) is 0 Å². The highest BCUT2D eigenvalue weighted by Crippen LogP contribution is 2.31. The Hall–Kier alpha value is -1.63. The van der Waals surface area contributed by atoms with Crippen molar-refractivity contribution >= 4 is 16.6 Å². The van der Waals surface area contributed by atoms with Crippen molar-refractivity contribution < 1.29 is 4.79 Å². The predicted octanol–water partition coefficient (Wildman–Crippen LogP) is 5.24. The van der Waals surface area contributed by atoms with Crippen LogP contribution in [0.15, 0.2) is 42.5 Å².